The Balaban J connectivity index is 2.74. The summed E-state index contributed by atoms with van der Waals surface area (Å²) in [6.45, 7) is 4.25. The van der Waals surface area contributed by atoms with E-state index in [4.69, 9.17) is 5.73 Å². The van der Waals surface area contributed by atoms with Gasteiger partial charge in [-0.2, -0.15) is 5.10 Å². The van der Waals surface area contributed by atoms with Gasteiger partial charge in [-0.3, -0.25) is 9.48 Å². The Hall–Kier alpha value is -1.96. The van der Waals surface area contributed by atoms with Crippen LogP contribution in [0.5, 0.6) is 0 Å². The van der Waals surface area contributed by atoms with Crippen LogP contribution in [0.1, 0.15) is 36.5 Å². The molecular weight excluding hydrogens is 216 g/mol. The molecule has 5 nitrogen and oxygen atoms in total. The highest BCUT2D eigenvalue weighted by molar-refractivity contribution is 5.97. The molecule has 5 heteroatoms. The van der Waals surface area contributed by atoms with Crippen LogP contribution in [-0.2, 0) is 13.5 Å². The fourth-order valence-electron chi connectivity index (χ4n) is 1.57. The van der Waals surface area contributed by atoms with Crippen LogP contribution < -0.4 is 11.1 Å². The number of carbonyl (C=O) groups excluding carboxylic acids is 1. The lowest BCUT2D eigenvalue weighted by atomic mass is 10.2. The molecule has 1 rings (SSSR count). The number of carbonyl (C=O) groups is 1. The Morgan fingerprint density at radius 3 is 2.82 bits per heavy atom. The van der Waals surface area contributed by atoms with Gasteiger partial charge in [0.1, 0.15) is 5.69 Å². The third-order valence-electron chi connectivity index (χ3n) is 2.42. The third kappa shape index (κ3) is 3.00. The van der Waals surface area contributed by atoms with E-state index in [1.807, 2.05) is 6.92 Å². The molecule has 0 aliphatic carbocycles. The number of amides is 1. The van der Waals surface area contributed by atoms with Crippen molar-refractivity contribution in [1.29, 1.82) is 0 Å². The summed E-state index contributed by atoms with van der Waals surface area (Å²) < 4.78 is 1.52. The predicted molar refractivity (Wildman–Crippen MR) is 67.4 cm³/mol. The van der Waals surface area contributed by atoms with E-state index in [1.165, 1.54) is 4.68 Å². The first kappa shape index (κ1) is 13.1. The van der Waals surface area contributed by atoms with E-state index in [0.717, 1.165) is 5.69 Å². The van der Waals surface area contributed by atoms with Crippen LogP contribution in [-0.4, -0.2) is 22.2 Å². The van der Waals surface area contributed by atoms with Gasteiger partial charge in [0, 0.05) is 20.0 Å². The number of hydrogen-bond acceptors (Lipinski definition) is 3. The number of nitrogen functional groups attached to an aromatic ring is 1. The summed E-state index contributed by atoms with van der Waals surface area (Å²) in [6.07, 6.45) is 1.36. The molecule has 1 aromatic rings. The van der Waals surface area contributed by atoms with Crippen LogP contribution in [0, 0.1) is 11.8 Å². The lowest BCUT2D eigenvalue weighted by Gasteiger charge is -2.04. The standard InChI is InChI=1S/C12H18N4O/c1-4-6-7-8-14-12(17)11-10(13)9(5-2)15-16(11)3/h5,7-8,13H2,1-3H3,(H,14,17). The minimum atomic E-state index is -0.199. The molecule has 0 fully saturated rings. The van der Waals surface area contributed by atoms with E-state index < -0.39 is 0 Å². The number of aromatic nitrogens is 2. The molecule has 1 amide bonds. The molecule has 0 aromatic carbocycles. The number of nitrogens with zero attached hydrogens (tertiary/aromatic N) is 2. The number of hydrogen-bond donors (Lipinski definition) is 2. The molecule has 0 saturated heterocycles. The summed E-state index contributed by atoms with van der Waals surface area (Å²) in [5.74, 6) is 5.46. The monoisotopic (exact) mass is 234 g/mol. The molecule has 0 aliphatic heterocycles. The number of nitrogens with two attached hydrogens (primary N) is 1. The highest BCUT2D eigenvalue weighted by Crippen LogP contribution is 2.16. The molecule has 0 saturated carbocycles. The van der Waals surface area contributed by atoms with Crippen LogP contribution in [0.3, 0.4) is 0 Å². The number of rotatable bonds is 4. The van der Waals surface area contributed by atoms with Gasteiger partial charge in [-0.15, -0.1) is 11.8 Å². The zero-order valence-electron chi connectivity index (χ0n) is 10.5. The van der Waals surface area contributed by atoms with Crippen molar-refractivity contribution in [2.75, 3.05) is 12.3 Å². The van der Waals surface area contributed by atoms with Crippen molar-refractivity contribution in [1.82, 2.24) is 15.1 Å². The number of nitrogens with one attached hydrogen (secondary N) is 1. The van der Waals surface area contributed by atoms with Crippen molar-refractivity contribution < 1.29 is 4.79 Å². The molecule has 0 unspecified atom stereocenters. The van der Waals surface area contributed by atoms with E-state index in [1.54, 1.807) is 14.0 Å². The largest absolute Gasteiger partial charge is 0.395 e. The van der Waals surface area contributed by atoms with Gasteiger partial charge >= 0.3 is 0 Å². The molecule has 92 valence electrons. The molecular formula is C12H18N4O. The maximum atomic E-state index is 11.9. The van der Waals surface area contributed by atoms with Crippen LogP contribution >= 0.6 is 0 Å². The van der Waals surface area contributed by atoms with E-state index in [2.05, 4.69) is 22.3 Å². The van der Waals surface area contributed by atoms with Crippen molar-refractivity contribution in [2.45, 2.75) is 26.7 Å². The van der Waals surface area contributed by atoms with Gasteiger partial charge in [0.25, 0.3) is 5.91 Å². The van der Waals surface area contributed by atoms with Gasteiger partial charge < -0.3 is 11.1 Å². The highest BCUT2D eigenvalue weighted by Gasteiger charge is 2.18. The maximum absolute atomic E-state index is 11.9. The van der Waals surface area contributed by atoms with E-state index >= 15 is 0 Å². The second-order valence-corrected chi connectivity index (χ2v) is 3.62. The zero-order valence-corrected chi connectivity index (χ0v) is 10.5. The molecule has 0 aliphatic rings. The molecule has 0 spiro atoms. The molecule has 17 heavy (non-hydrogen) atoms. The second kappa shape index (κ2) is 5.94. The molecule has 0 atom stereocenters. The molecule has 3 N–H and O–H groups in total. The first-order valence-corrected chi connectivity index (χ1v) is 5.60. The Bertz CT molecular complexity index is 465. The normalized spacial score (nSPS) is 9.59. The summed E-state index contributed by atoms with van der Waals surface area (Å²) >= 11 is 0. The summed E-state index contributed by atoms with van der Waals surface area (Å²) in [5, 5.41) is 6.97. The Labute approximate surface area is 101 Å². The quantitative estimate of drug-likeness (QED) is 0.595. The summed E-state index contributed by atoms with van der Waals surface area (Å²) in [6, 6.07) is 0. The smallest absolute Gasteiger partial charge is 0.271 e. The molecule has 1 aromatic heterocycles. The SMILES string of the molecule is CC#CCCNC(=O)c1c(N)c(CC)nn1C. The van der Waals surface area contributed by atoms with Crippen LogP contribution in [0.25, 0.3) is 0 Å². The Morgan fingerprint density at radius 1 is 1.59 bits per heavy atom. The van der Waals surface area contributed by atoms with Crippen LogP contribution in [0.2, 0.25) is 0 Å². The van der Waals surface area contributed by atoms with E-state index in [-0.39, 0.29) is 5.91 Å². The Kier molecular flexibility index (Phi) is 4.58. The molecule has 0 bridgehead atoms. The third-order valence-corrected chi connectivity index (χ3v) is 2.42. The highest BCUT2D eigenvalue weighted by atomic mass is 16.2. The average molecular weight is 234 g/mol. The van der Waals surface area contributed by atoms with Crippen molar-refractivity contribution in [3.05, 3.63) is 11.4 Å². The predicted octanol–water partition coefficient (Wildman–Crippen LogP) is 0.708. The second-order valence-electron chi connectivity index (χ2n) is 3.62. The van der Waals surface area contributed by atoms with Gasteiger partial charge in [0.2, 0.25) is 0 Å². The van der Waals surface area contributed by atoms with Gasteiger partial charge in [-0.05, 0) is 13.3 Å². The van der Waals surface area contributed by atoms with Crippen molar-refractivity contribution in [3.8, 4) is 11.8 Å². The van der Waals surface area contributed by atoms with Crippen LogP contribution in [0.15, 0.2) is 0 Å². The lowest BCUT2D eigenvalue weighted by Crippen LogP contribution is -2.27. The van der Waals surface area contributed by atoms with E-state index in [9.17, 15) is 4.79 Å². The minimum Gasteiger partial charge on any atom is -0.395 e. The first-order valence-electron chi connectivity index (χ1n) is 5.60. The maximum Gasteiger partial charge on any atom is 0.271 e. The first-order chi connectivity index (χ1) is 8.11. The zero-order chi connectivity index (χ0) is 12.8. The fraction of sp³-hybridized carbons (Fsp3) is 0.500. The van der Waals surface area contributed by atoms with Gasteiger partial charge in [-0.1, -0.05) is 6.92 Å². The van der Waals surface area contributed by atoms with Crippen molar-refractivity contribution in [3.63, 3.8) is 0 Å². The fourth-order valence-corrected chi connectivity index (χ4v) is 1.57. The molecule has 0 radical (unpaired) electrons. The van der Waals surface area contributed by atoms with Gasteiger partial charge in [0.15, 0.2) is 0 Å². The summed E-state index contributed by atoms with van der Waals surface area (Å²) in [7, 11) is 1.72. The number of anilines is 1. The van der Waals surface area contributed by atoms with Crippen LogP contribution in [0.4, 0.5) is 5.69 Å². The summed E-state index contributed by atoms with van der Waals surface area (Å²) in [5.41, 5.74) is 7.52. The van der Waals surface area contributed by atoms with Gasteiger partial charge in [0.05, 0.1) is 11.4 Å². The number of aryl methyl sites for hydroxylation is 2. The summed E-state index contributed by atoms with van der Waals surface area (Å²) in [4.78, 5) is 11.9. The van der Waals surface area contributed by atoms with Crippen molar-refractivity contribution >= 4 is 11.6 Å². The molecule has 1 heterocycles. The minimum absolute atomic E-state index is 0.199. The topological polar surface area (TPSA) is 72.9 Å². The Morgan fingerprint density at radius 2 is 2.29 bits per heavy atom. The van der Waals surface area contributed by atoms with Gasteiger partial charge in [-0.25, -0.2) is 0 Å². The van der Waals surface area contributed by atoms with E-state index in [0.29, 0.717) is 30.8 Å². The lowest BCUT2D eigenvalue weighted by molar-refractivity contribution is 0.0946. The average Bonchev–Trinajstić information content (AvgIpc) is 2.59. The van der Waals surface area contributed by atoms with Crippen molar-refractivity contribution in [2.24, 2.45) is 7.05 Å².